The molecule has 1 aromatic carbocycles. The van der Waals surface area contributed by atoms with Crippen LogP contribution in [0.5, 0.6) is 0 Å². The number of pyridine rings is 1. The minimum absolute atomic E-state index is 0.0115. The number of carboxylic acids is 1. The number of rotatable bonds is 5. The van der Waals surface area contributed by atoms with Gasteiger partial charge in [-0.1, -0.05) is 18.2 Å². The molecule has 0 aliphatic carbocycles. The lowest BCUT2D eigenvalue weighted by Crippen LogP contribution is -2.05. The Balaban J connectivity index is 2.09. The number of nitro groups is 1. The Morgan fingerprint density at radius 2 is 2.05 bits per heavy atom. The predicted octanol–water partition coefficient (Wildman–Crippen LogP) is 2.30. The van der Waals surface area contributed by atoms with Crippen molar-refractivity contribution in [2.45, 2.75) is 6.54 Å². The summed E-state index contributed by atoms with van der Waals surface area (Å²) in [4.78, 5) is 24.8. The van der Waals surface area contributed by atoms with Gasteiger partial charge < -0.3 is 10.4 Å². The molecular weight excluding hydrogens is 262 g/mol. The average Bonchev–Trinajstić information content (AvgIpc) is 2.45. The molecule has 20 heavy (non-hydrogen) atoms. The molecule has 7 heteroatoms. The summed E-state index contributed by atoms with van der Waals surface area (Å²) in [6.45, 7) is 0.317. The van der Waals surface area contributed by atoms with Crippen LogP contribution in [0.3, 0.4) is 0 Å². The van der Waals surface area contributed by atoms with Crippen molar-refractivity contribution in [2.75, 3.05) is 5.32 Å². The summed E-state index contributed by atoms with van der Waals surface area (Å²) in [6, 6.07) is 9.30. The van der Waals surface area contributed by atoms with Crippen LogP contribution in [-0.4, -0.2) is 21.0 Å². The minimum atomic E-state index is -1.09. The molecule has 0 atom stereocenters. The fourth-order valence-electron chi connectivity index (χ4n) is 1.64. The first-order valence-corrected chi connectivity index (χ1v) is 5.73. The monoisotopic (exact) mass is 273 g/mol. The highest BCUT2D eigenvalue weighted by Gasteiger charge is 2.11. The van der Waals surface area contributed by atoms with E-state index in [9.17, 15) is 14.9 Å². The molecule has 0 spiro atoms. The average molecular weight is 273 g/mol. The molecule has 102 valence electrons. The van der Waals surface area contributed by atoms with E-state index < -0.39 is 10.9 Å². The number of anilines is 1. The summed E-state index contributed by atoms with van der Waals surface area (Å²) < 4.78 is 0. The SMILES string of the molecule is O=C(O)c1ccc(CNc2ccccc2[N+](=O)[O-])cn1. The van der Waals surface area contributed by atoms with Gasteiger partial charge in [-0.3, -0.25) is 10.1 Å². The topological polar surface area (TPSA) is 105 Å². The van der Waals surface area contributed by atoms with Crippen LogP contribution >= 0.6 is 0 Å². The molecule has 0 amide bonds. The molecule has 0 aliphatic heterocycles. The van der Waals surface area contributed by atoms with E-state index in [0.717, 1.165) is 5.56 Å². The van der Waals surface area contributed by atoms with E-state index in [1.54, 1.807) is 24.3 Å². The van der Waals surface area contributed by atoms with E-state index in [1.807, 2.05) is 0 Å². The lowest BCUT2D eigenvalue weighted by atomic mass is 10.2. The van der Waals surface area contributed by atoms with Crippen molar-refractivity contribution < 1.29 is 14.8 Å². The van der Waals surface area contributed by atoms with Gasteiger partial charge in [0.05, 0.1) is 4.92 Å². The Morgan fingerprint density at radius 3 is 2.65 bits per heavy atom. The van der Waals surface area contributed by atoms with Crippen molar-refractivity contribution in [3.63, 3.8) is 0 Å². The first-order valence-electron chi connectivity index (χ1n) is 5.73. The fraction of sp³-hybridized carbons (Fsp3) is 0.0769. The van der Waals surface area contributed by atoms with Crippen LogP contribution in [0.4, 0.5) is 11.4 Å². The van der Waals surface area contributed by atoms with Gasteiger partial charge in [0.2, 0.25) is 0 Å². The lowest BCUT2D eigenvalue weighted by molar-refractivity contribution is -0.384. The largest absolute Gasteiger partial charge is 0.477 e. The maximum absolute atomic E-state index is 10.8. The summed E-state index contributed by atoms with van der Waals surface area (Å²) in [5, 5.41) is 22.5. The maximum atomic E-state index is 10.8. The molecule has 2 aromatic rings. The van der Waals surface area contributed by atoms with E-state index in [2.05, 4.69) is 10.3 Å². The van der Waals surface area contributed by atoms with Crippen molar-refractivity contribution >= 4 is 17.3 Å². The van der Waals surface area contributed by atoms with Gasteiger partial charge in [-0.05, 0) is 17.7 Å². The van der Waals surface area contributed by atoms with Crippen LogP contribution < -0.4 is 5.32 Å². The zero-order valence-electron chi connectivity index (χ0n) is 10.3. The molecular formula is C13H11N3O4. The van der Waals surface area contributed by atoms with Gasteiger partial charge in [-0.2, -0.15) is 0 Å². The molecule has 0 bridgehead atoms. The van der Waals surface area contributed by atoms with Gasteiger partial charge in [0.25, 0.3) is 5.69 Å². The van der Waals surface area contributed by atoms with Crippen LogP contribution in [0.25, 0.3) is 0 Å². The van der Waals surface area contributed by atoms with Gasteiger partial charge >= 0.3 is 5.97 Å². The van der Waals surface area contributed by atoms with Crippen molar-refractivity contribution in [1.29, 1.82) is 0 Å². The van der Waals surface area contributed by atoms with Gasteiger partial charge in [0.1, 0.15) is 11.4 Å². The Kier molecular flexibility index (Phi) is 3.90. The summed E-state index contributed by atoms with van der Waals surface area (Å²) in [6.07, 6.45) is 1.42. The van der Waals surface area contributed by atoms with Gasteiger partial charge in [-0.15, -0.1) is 0 Å². The minimum Gasteiger partial charge on any atom is -0.477 e. The number of aromatic carboxylic acids is 1. The number of nitrogens with one attached hydrogen (secondary N) is 1. The van der Waals surface area contributed by atoms with Crippen LogP contribution in [0, 0.1) is 10.1 Å². The van der Waals surface area contributed by atoms with E-state index >= 15 is 0 Å². The van der Waals surface area contributed by atoms with E-state index in [4.69, 9.17) is 5.11 Å². The number of hydrogen-bond donors (Lipinski definition) is 2. The quantitative estimate of drug-likeness (QED) is 0.639. The number of nitrogens with zero attached hydrogens (tertiary/aromatic N) is 2. The van der Waals surface area contributed by atoms with E-state index in [-0.39, 0.29) is 11.4 Å². The molecule has 0 unspecified atom stereocenters. The molecule has 0 saturated heterocycles. The Bertz CT molecular complexity index is 640. The highest BCUT2D eigenvalue weighted by molar-refractivity contribution is 5.85. The summed E-state index contributed by atoms with van der Waals surface area (Å²) in [5.41, 5.74) is 1.08. The molecule has 7 nitrogen and oxygen atoms in total. The molecule has 2 N–H and O–H groups in total. The van der Waals surface area contributed by atoms with Crippen molar-refractivity contribution in [2.24, 2.45) is 0 Å². The molecule has 0 aliphatic rings. The molecule has 2 rings (SSSR count). The van der Waals surface area contributed by atoms with Crippen LogP contribution in [0.15, 0.2) is 42.6 Å². The molecule has 1 heterocycles. The van der Waals surface area contributed by atoms with Gasteiger partial charge in [0.15, 0.2) is 0 Å². The fourth-order valence-corrected chi connectivity index (χ4v) is 1.64. The van der Waals surface area contributed by atoms with Gasteiger partial charge in [0, 0.05) is 18.8 Å². The van der Waals surface area contributed by atoms with Crippen molar-refractivity contribution in [1.82, 2.24) is 4.98 Å². The number of carbonyl (C=O) groups is 1. The predicted molar refractivity (Wildman–Crippen MR) is 71.6 cm³/mol. The normalized spacial score (nSPS) is 10.0. The molecule has 1 aromatic heterocycles. The Hall–Kier alpha value is -2.96. The number of carboxylic acid groups (broad SMARTS) is 1. The van der Waals surface area contributed by atoms with Gasteiger partial charge in [-0.25, -0.2) is 9.78 Å². The summed E-state index contributed by atoms with van der Waals surface area (Å²) in [7, 11) is 0. The molecule has 0 radical (unpaired) electrons. The third-order valence-electron chi connectivity index (χ3n) is 2.63. The van der Waals surface area contributed by atoms with E-state index in [0.29, 0.717) is 12.2 Å². The second kappa shape index (κ2) is 5.79. The highest BCUT2D eigenvalue weighted by atomic mass is 16.6. The molecule has 0 saturated carbocycles. The number of para-hydroxylation sites is 2. The number of aromatic nitrogens is 1. The van der Waals surface area contributed by atoms with Crippen LogP contribution in [-0.2, 0) is 6.54 Å². The van der Waals surface area contributed by atoms with Crippen molar-refractivity contribution in [3.8, 4) is 0 Å². The van der Waals surface area contributed by atoms with Crippen molar-refractivity contribution in [3.05, 3.63) is 64.0 Å². The lowest BCUT2D eigenvalue weighted by Gasteiger charge is -2.06. The summed E-state index contributed by atoms with van der Waals surface area (Å²) in [5.74, 6) is -1.09. The van der Waals surface area contributed by atoms with E-state index in [1.165, 1.54) is 18.3 Å². The first kappa shape index (κ1) is 13.5. The summed E-state index contributed by atoms with van der Waals surface area (Å²) >= 11 is 0. The third-order valence-corrected chi connectivity index (χ3v) is 2.63. The van der Waals surface area contributed by atoms with Crippen LogP contribution in [0.1, 0.15) is 16.1 Å². The first-order chi connectivity index (χ1) is 9.58. The standard InChI is InChI=1S/C13H11N3O4/c17-13(18)11-6-5-9(8-15-11)7-14-10-3-1-2-4-12(10)16(19)20/h1-6,8,14H,7H2,(H,17,18). The maximum Gasteiger partial charge on any atom is 0.354 e. The zero-order chi connectivity index (χ0) is 14.5. The Labute approximate surface area is 114 Å². The third kappa shape index (κ3) is 3.08. The molecule has 0 fully saturated rings. The number of hydrogen-bond acceptors (Lipinski definition) is 5. The van der Waals surface area contributed by atoms with Crippen LogP contribution in [0.2, 0.25) is 0 Å². The number of nitro benzene ring substituents is 1. The smallest absolute Gasteiger partial charge is 0.354 e. The highest BCUT2D eigenvalue weighted by Crippen LogP contribution is 2.23. The second-order valence-electron chi connectivity index (χ2n) is 3.98. The second-order valence-corrected chi connectivity index (χ2v) is 3.98. The number of benzene rings is 1. The zero-order valence-corrected chi connectivity index (χ0v) is 10.3. The Morgan fingerprint density at radius 1 is 1.30 bits per heavy atom.